The van der Waals surface area contributed by atoms with E-state index < -0.39 is 5.82 Å². The summed E-state index contributed by atoms with van der Waals surface area (Å²) in [7, 11) is 0. The molecule has 0 bridgehead atoms. The molecule has 0 aliphatic rings. The third-order valence-corrected chi connectivity index (χ3v) is 3.94. The Balaban J connectivity index is 2.06. The zero-order chi connectivity index (χ0) is 14.4. The number of hydrogen-bond acceptors (Lipinski definition) is 1. The number of rotatable bonds is 1. The molecule has 3 aromatic carbocycles. The Hall–Kier alpha value is -2.32. The molecule has 0 spiro atoms. The molecule has 1 aromatic heterocycles. The first-order valence-electron chi connectivity index (χ1n) is 6.60. The molecule has 0 saturated carbocycles. The number of furan rings is 1. The van der Waals surface area contributed by atoms with Gasteiger partial charge < -0.3 is 4.42 Å². The zero-order valence-electron chi connectivity index (χ0n) is 10.9. The van der Waals surface area contributed by atoms with Crippen molar-refractivity contribution in [3.8, 4) is 11.1 Å². The highest BCUT2D eigenvalue weighted by molar-refractivity contribution is 6.30. The lowest BCUT2D eigenvalue weighted by atomic mass is 10.0. The van der Waals surface area contributed by atoms with E-state index in [1.54, 1.807) is 12.1 Å². The first kappa shape index (κ1) is 12.4. The monoisotopic (exact) mass is 296 g/mol. The van der Waals surface area contributed by atoms with Crippen LogP contribution in [0.5, 0.6) is 0 Å². The van der Waals surface area contributed by atoms with Crippen LogP contribution in [-0.4, -0.2) is 0 Å². The topological polar surface area (TPSA) is 13.1 Å². The van der Waals surface area contributed by atoms with Gasteiger partial charge in [0.25, 0.3) is 0 Å². The van der Waals surface area contributed by atoms with Crippen LogP contribution in [0.1, 0.15) is 0 Å². The molecule has 0 fully saturated rings. The smallest absolute Gasteiger partial charge is 0.143 e. The second-order valence-corrected chi connectivity index (χ2v) is 5.32. The van der Waals surface area contributed by atoms with Crippen molar-refractivity contribution in [3.63, 3.8) is 0 Å². The number of para-hydroxylation sites is 2. The first-order valence-corrected chi connectivity index (χ1v) is 6.97. The Kier molecular flexibility index (Phi) is 2.72. The van der Waals surface area contributed by atoms with Crippen molar-refractivity contribution >= 4 is 33.5 Å². The van der Waals surface area contributed by atoms with E-state index in [-0.39, 0.29) is 5.02 Å². The Morgan fingerprint density at radius 1 is 0.857 bits per heavy atom. The van der Waals surface area contributed by atoms with E-state index in [0.29, 0.717) is 0 Å². The molecule has 102 valence electrons. The number of halogens is 2. The van der Waals surface area contributed by atoms with Crippen LogP contribution in [0.25, 0.3) is 33.1 Å². The highest BCUT2D eigenvalue weighted by atomic mass is 35.5. The van der Waals surface area contributed by atoms with Crippen LogP contribution in [0.3, 0.4) is 0 Å². The van der Waals surface area contributed by atoms with Gasteiger partial charge in [0, 0.05) is 16.3 Å². The van der Waals surface area contributed by atoms with Crippen LogP contribution in [-0.2, 0) is 0 Å². The van der Waals surface area contributed by atoms with E-state index in [9.17, 15) is 4.39 Å². The van der Waals surface area contributed by atoms with Gasteiger partial charge in [0.05, 0.1) is 5.02 Å². The summed E-state index contributed by atoms with van der Waals surface area (Å²) in [5, 5.41) is 2.21. The molecule has 4 aromatic rings. The molecule has 21 heavy (non-hydrogen) atoms. The molecule has 3 heteroatoms. The average molecular weight is 297 g/mol. The van der Waals surface area contributed by atoms with Crippen LogP contribution in [0.15, 0.2) is 65.1 Å². The van der Waals surface area contributed by atoms with Crippen molar-refractivity contribution in [2.75, 3.05) is 0 Å². The molecule has 0 amide bonds. The minimum Gasteiger partial charge on any atom is -0.455 e. The van der Waals surface area contributed by atoms with Gasteiger partial charge in [0.2, 0.25) is 0 Å². The fourth-order valence-corrected chi connectivity index (χ4v) is 2.76. The summed E-state index contributed by atoms with van der Waals surface area (Å²) in [6, 6.07) is 18.6. The van der Waals surface area contributed by atoms with Crippen molar-refractivity contribution in [2.24, 2.45) is 0 Å². The molecule has 1 heterocycles. The Labute approximate surface area is 125 Å². The summed E-state index contributed by atoms with van der Waals surface area (Å²) in [6.07, 6.45) is 0. The van der Waals surface area contributed by atoms with Crippen LogP contribution in [0.2, 0.25) is 5.02 Å². The Bertz CT molecular complexity index is 971. The maximum atomic E-state index is 13.7. The van der Waals surface area contributed by atoms with Crippen LogP contribution in [0, 0.1) is 5.82 Å². The highest BCUT2D eigenvalue weighted by Gasteiger charge is 2.12. The third kappa shape index (κ3) is 1.91. The van der Waals surface area contributed by atoms with Gasteiger partial charge in [0.15, 0.2) is 0 Å². The summed E-state index contributed by atoms with van der Waals surface area (Å²) in [6.45, 7) is 0. The standard InChI is InChI=1S/C18H10ClFO/c19-15-9-8-11(10-16(15)20)12-5-3-6-14-13-4-1-2-7-17(13)21-18(12)14/h1-10H. The summed E-state index contributed by atoms with van der Waals surface area (Å²) in [5.41, 5.74) is 3.20. The molecule has 0 N–H and O–H groups in total. The van der Waals surface area contributed by atoms with Gasteiger partial charge in [-0.05, 0) is 23.8 Å². The highest BCUT2D eigenvalue weighted by Crippen LogP contribution is 2.36. The Morgan fingerprint density at radius 3 is 2.52 bits per heavy atom. The lowest BCUT2D eigenvalue weighted by Crippen LogP contribution is -1.82. The molecule has 4 rings (SSSR count). The van der Waals surface area contributed by atoms with Crippen molar-refractivity contribution in [2.45, 2.75) is 0 Å². The SMILES string of the molecule is Fc1cc(-c2cccc3c2oc2ccccc23)ccc1Cl. The third-order valence-electron chi connectivity index (χ3n) is 3.63. The van der Waals surface area contributed by atoms with E-state index in [4.69, 9.17) is 16.0 Å². The van der Waals surface area contributed by atoms with Gasteiger partial charge in [-0.2, -0.15) is 0 Å². The molecule has 0 radical (unpaired) electrons. The van der Waals surface area contributed by atoms with Gasteiger partial charge >= 0.3 is 0 Å². The molecule has 0 aliphatic heterocycles. The molecule has 0 atom stereocenters. The van der Waals surface area contributed by atoms with E-state index in [0.717, 1.165) is 33.1 Å². The molecule has 1 nitrogen and oxygen atoms in total. The molecule has 0 aliphatic carbocycles. The number of benzene rings is 3. The van der Waals surface area contributed by atoms with Crippen molar-refractivity contribution < 1.29 is 8.81 Å². The van der Waals surface area contributed by atoms with Gasteiger partial charge in [-0.1, -0.05) is 54.1 Å². The van der Waals surface area contributed by atoms with Gasteiger partial charge in [-0.3, -0.25) is 0 Å². The quantitative estimate of drug-likeness (QED) is 0.417. The minimum atomic E-state index is -0.428. The van der Waals surface area contributed by atoms with Crippen LogP contribution < -0.4 is 0 Å². The zero-order valence-corrected chi connectivity index (χ0v) is 11.7. The number of fused-ring (bicyclic) bond motifs is 3. The first-order chi connectivity index (χ1) is 10.2. The number of hydrogen-bond donors (Lipinski definition) is 0. The molecular formula is C18H10ClFO. The van der Waals surface area contributed by atoms with E-state index in [1.165, 1.54) is 6.07 Å². The average Bonchev–Trinajstić information content (AvgIpc) is 2.89. The van der Waals surface area contributed by atoms with Crippen molar-refractivity contribution in [1.29, 1.82) is 0 Å². The van der Waals surface area contributed by atoms with Crippen LogP contribution >= 0.6 is 11.6 Å². The normalized spacial score (nSPS) is 11.3. The van der Waals surface area contributed by atoms with Crippen molar-refractivity contribution in [3.05, 3.63) is 71.5 Å². The van der Waals surface area contributed by atoms with E-state index >= 15 is 0 Å². The van der Waals surface area contributed by atoms with E-state index in [2.05, 4.69) is 0 Å². The lowest BCUT2D eigenvalue weighted by Gasteiger charge is -2.03. The van der Waals surface area contributed by atoms with Gasteiger partial charge in [-0.15, -0.1) is 0 Å². The fraction of sp³-hybridized carbons (Fsp3) is 0. The molecule has 0 unspecified atom stereocenters. The van der Waals surface area contributed by atoms with Gasteiger partial charge in [0.1, 0.15) is 17.0 Å². The summed E-state index contributed by atoms with van der Waals surface area (Å²) in [4.78, 5) is 0. The lowest BCUT2D eigenvalue weighted by molar-refractivity contribution is 0.628. The largest absolute Gasteiger partial charge is 0.455 e. The fourth-order valence-electron chi connectivity index (χ4n) is 2.64. The minimum absolute atomic E-state index is 0.121. The van der Waals surface area contributed by atoms with E-state index in [1.807, 2.05) is 42.5 Å². The molecule has 0 saturated heterocycles. The van der Waals surface area contributed by atoms with Gasteiger partial charge in [-0.25, -0.2) is 4.39 Å². The second kappa shape index (κ2) is 4.61. The predicted octanol–water partition coefficient (Wildman–Crippen LogP) is 6.05. The summed E-state index contributed by atoms with van der Waals surface area (Å²) >= 11 is 5.75. The maximum Gasteiger partial charge on any atom is 0.143 e. The summed E-state index contributed by atoms with van der Waals surface area (Å²) < 4.78 is 19.7. The molecular weight excluding hydrogens is 287 g/mol. The Morgan fingerprint density at radius 2 is 1.67 bits per heavy atom. The predicted molar refractivity (Wildman–Crippen MR) is 84.1 cm³/mol. The summed E-state index contributed by atoms with van der Waals surface area (Å²) in [5.74, 6) is -0.428. The second-order valence-electron chi connectivity index (χ2n) is 4.91. The van der Waals surface area contributed by atoms with Crippen molar-refractivity contribution in [1.82, 2.24) is 0 Å². The van der Waals surface area contributed by atoms with Crippen LogP contribution in [0.4, 0.5) is 4.39 Å². The maximum absolute atomic E-state index is 13.7.